The highest BCUT2D eigenvalue weighted by atomic mass is 32.2. The van der Waals surface area contributed by atoms with Crippen LogP contribution < -0.4 is 19.1 Å². The molecule has 3 aromatic rings. The predicted octanol–water partition coefficient (Wildman–Crippen LogP) is 3.32. The molecular weight excluding hydrogens is 460 g/mol. The highest BCUT2D eigenvalue weighted by Crippen LogP contribution is 2.29. The van der Waals surface area contributed by atoms with E-state index in [4.69, 9.17) is 14.2 Å². The molecule has 0 radical (unpaired) electrons. The SMILES string of the molecule is COc1ccc(NC(=O)COC(=O)c2ccc(S(=O)(=O)N(C)c3ccccc3)cc2)cc1OC. The van der Waals surface area contributed by atoms with E-state index in [1.54, 1.807) is 48.5 Å². The number of carbonyl (C=O) groups is 2. The zero-order chi connectivity index (χ0) is 24.7. The van der Waals surface area contributed by atoms with Crippen LogP contribution in [0.25, 0.3) is 0 Å². The summed E-state index contributed by atoms with van der Waals surface area (Å²) in [6, 6.07) is 18.7. The van der Waals surface area contributed by atoms with Gasteiger partial charge in [0.05, 0.1) is 30.4 Å². The van der Waals surface area contributed by atoms with Gasteiger partial charge in [0, 0.05) is 18.8 Å². The minimum Gasteiger partial charge on any atom is -0.493 e. The lowest BCUT2D eigenvalue weighted by Crippen LogP contribution is -2.26. The Hall–Kier alpha value is -4.05. The molecule has 0 atom stereocenters. The number of esters is 1. The van der Waals surface area contributed by atoms with E-state index in [1.807, 2.05) is 0 Å². The van der Waals surface area contributed by atoms with Crippen LogP contribution in [0.1, 0.15) is 10.4 Å². The van der Waals surface area contributed by atoms with Crippen LogP contribution in [-0.2, 0) is 19.6 Å². The Balaban J connectivity index is 1.60. The van der Waals surface area contributed by atoms with Crippen LogP contribution in [0.4, 0.5) is 11.4 Å². The van der Waals surface area contributed by atoms with E-state index in [1.165, 1.54) is 45.5 Å². The average Bonchev–Trinajstić information content (AvgIpc) is 2.87. The number of methoxy groups -OCH3 is 2. The fourth-order valence-electron chi connectivity index (χ4n) is 3.02. The maximum atomic E-state index is 12.8. The van der Waals surface area contributed by atoms with Crippen molar-refractivity contribution in [1.29, 1.82) is 0 Å². The van der Waals surface area contributed by atoms with Crippen LogP contribution in [0, 0.1) is 0 Å². The van der Waals surface area contributed by atoms with Gasteiger partial charge in [0.25, 0.3) is 15.9 Å². The van der Waals surface area contributed by atoms with Gasteiger partial charge in [0.15, 0.2) is 18.1 Å². The molecule has 0 aliphatic heterocycles. The van der Waals surface area contributed by atoms with E-state index < -0.39 is 28.5 Å². The van der Waals surface area contributed by atoms with Crippen molar-refractivity contribution in [2.24, 2.45) is 0 Å². The summed E-state index contributed by atoms with van der Waals surface area (Å²) in [6.07, 6.45) is 0. The van der Waals surface area contributed by atoms with E-state index in [0.717, 1.165) is 4.31 Å². The number of sulfonamides is 1. The molecule has 0 unspecified atom stereocenters. The topological polar surface area (TPSA) is 111 Å². The molecular formula is C24H24N2O7S. The molecule has 0 heterocycles. The first-order valence-electron chi connectivity index (χ1n) is 10.1. The van der Waals surface area contributed by atoms with Gasteiger partial charge in [-0.1, -0.05) is 18.2 Å². The van der Waals surface area contributed by atoms with Gasteiger partial charge in [-0.2, -0.15) is 0 Å². The number of benzene rings is 3. The molecule has 0 aliphatic rings. The molecule has 0 aromatic heterocycles. The fraction of sp³-hybridized carbons (Fsp3) is 0.167. The van der Waals surface area contributed by atoms with Gasteiger partial charge in [-0.25, -0.2) is 13.2 Å². The highest BCUT2D eigenvalue weighted by Gasteiger charge is 2.22. The molecule has 34 heavy (non-hydrogen) atoms. The molecule has 9 nitrogen and oxygen atoms in total. The molecule has 0 fully saturated rings. The lowest BCUT2D eigenvalue weighted by molar-refractivity contribution is -0.119. The average molecular weight is 485 g/mol. The summed E-state index contributed by atoms with van der Waals surface area (Å²) in [5, 5.41) is 2.60. The van der Waals surface area contributed by atoms with Crippen molar-refractivity contribution in [2.45, 2.75) is 4.90 Å². The quantitative estimate of drug-likeness (QED) is 0.464. The van der Waals surface area contributed by atoms with E-state index in [9.17, 15) is 18.0 Å². The van der Waals surface area contributed by atoms with Gasteiger partial charge in [-0.3, -0.25) is 9.10 Å². The Kier molecular flexibility index (Phi) is 7.75. The third-order valence-corrected chi connectivity index (χ3v) is 6.67. The van der Waals surface area contributed by atoms with E-state index >= 15 is 0 Å². The number of anilines is 2. The summed E-state index contributed by atoms with van der Waals surface area (Å²) in [6.45, 7) is -0.524. The van der Waals surface area contributed by atoms with E-state index in [-0.39, 0.29) is 10.5 Å². The molecule has 10 heteroatoms. The lowest BCUT2D eigenvalue weighted by atomic mass is 10.2. The second kappa shape index (κ2) is 10.7. The van der Waals surface area contributed by atoms with E-state index in [0.29, 0.717) is 22.9 Å². The Morgan fingerprint density at radius 1 is 0.882 bits per heavy atom. The Labute approximate surface area is 197 Å². The number of nitrogens with one attached hydrogen (secondary N) is 1. The molecule has 1 N–H and O–H groups in total. The number of para-hydroxylation sites is 1. The summed E-state index contributed by atoms with van der Waals surface area (Å²) in [4.78, 5) is 24.5. The first-order valence-corrected chi connectivity index (χ1v) is 11.5. The molecule has 0 spiro atoms. The number of nitrogens with zero attached hydrogens (tertiary/aromatic N) is 1. The third-order valence-electron chi connectivity index (χ3n) is 4.87. The van der Waals surface area contributed by atoms with Gasteiger partial charge in [-0.05, 0) is 48.5 Å². The van der Waals surface area contributed by atoms with Gasteiger partial charge in [-0.15, -0.1) is 0 Å². The zero-order valence-electron chi connectivity index (χ0n) is 18.8. The van der Waals surface area contributed by atoms with Gasteiger partial charge < -0.3 is 19.5 Å². The summed E-state index contributed by atoms with van der Waals surface area (Å²) < 4.78 is 42.2. The first kappa shape index (κ1) is 24.6. The molecule has 0 aliphatic carbocycles. The number of carbonyl (C=O) groups excluding carboxylic acids is 2. The molecule has 0 bridgehead atoms. The molecule has 0 saturated heterocycles. The minimum absolute atomic E-state index is 0.0154. The standard InChI is InChI=1S/C24H24N2O7S/c1-26(19-7-5-4-6-8-19)34(29,30)20-12-9-17(10-13-20)24(28)33-16-23(27)25-18-11-14-21(31-2)22(15-18)32-3/h4-15H,16H2,1-3H3,(H,25,27). The molecule has 178 valence electrons. The summed E-state index contributed by atoms with van der Waals surface area (Å²) in [5.74, 6) is -0.371. The molecule has 0 saturated carbocycles. The first-order chi connectivity index (χ1) is 16.3. The van der Waals surface area contributed by atoms with Crippen LogP contribution in [0.15, 0.2) is 77.7 Å². The van der Waals surface area contributed by atoms with Crippen molar-refractivity contribution >= 4 is 33.3 Å². The normalized spacial score (nSPS) is 10.8. The van der Waals surface area contributed by atoms with Crippen molar-refractivity contribution < 1.29 is 32.2 Å². The maximum absolute atomic E-state index is 12.8. The number of ether oxygens (including phenoxy) is 3. The van der Waals surface area contributed by atoms with Gasteiger partial charge in [0.2, 0.25) is 0 Å². The fourth-order valence-corrected chi connectivity index (χ4v) is 4.22. The van der Waals surface area contributed by atoms with Crippen molar-refractivity contribution in [2.75, 3.05) is 37.5 Å². The lowest BCUT2D eigenvalue weighted by Gasteiger charge is -2.19. The smallest absolute Gasteiger partial charge is 0.338 e. The van der Waals surface area contributed by atoms with Crippen molar-refractivity contribution in [1.82, 2.24) is 0 Å². The Bertz CT molecular complexity index is 1260. The number of hydrogen-bond acceptors (Lipinski definition) is 7. The van der Waals surface area contributed by atoms with Crippen molar-refractivity contribution in [3.63, 3.8) is 0 Å². The van der Waals surface area contributed by atoms with Crippen LogP contribution in [0.2, 0.25) is 0 Å². The highest BCUT2D eigenvalue weighted by molar-refractivity contribution is 7.92. The molecule has 3 aromatic carbocycles. The molecule has 1 amide bonds. The van der Waals surface area contributed by atoms with E-state index in [2.05, 4.69) is 5.32 Å². The second-order valence-electron chi connectivity index (χ2n) is 7.03. The molecule has 3 rings (SSSR count). The predicted molar refractivity (Wildman–Crippen MR) is 127 cm³/mol. The minimum atomic E-state index is -3.81. The number of amides is 1. The summed E-state index contributed by atoms with van der Waals surface area (Å²) >= 11 is 0. The van der Waals surface area contributed by atoms with Crippen molar-refractivity contribution in [3.05, 3.63) is 78.4 Å². The van der Waals surface area contributed by atoms with Gasteiger partial charge in [0.1, 0.15) is 0 Å². The third kappa shape index (κ3) is 5.65. The second-order valence-corrected chi connectivity index (χ2v) is 9.00. The van der Waals surface area contributed by atoms with Crippen LogP contribution in [-0.4, -0.2) is 48.2 Å². The van der Waals surface area contributed by atoms with Crippen LogP contribution in [0.5, 0.6) is 11.5 Å². The van der Waals surface area contributed by atoms with Crippen LogP contribution >= 0.6 is 0 Å². The Morgan fingerprint density at radius 3 is 2.15 bits per heavy atom. The van der Waals surface area contributed by atoms with Gasteiger partial charge >= 0.3 is 5.97 Å². The monoisotopic (exact) mass is 484 g/mol. The number of hydrogen-bond donors (Lipinski definition) is 1. The number of rotatable bonds is 9. The van der Waals surface area contributed by atoms with Crippen LogP contribution in [0.3, 0.4) is 0 Å². The van der Waals surface area contributed by atoms with Crippen molar-refractivity contribution in [3.8, 4) is 11.5 Å². The Morgan fingerprint density at radius 2 is 1.53 bits per heavy atom. The largest absolute Gasteiger partial charge is 0.493 e. The zero-order valence-corrected chi connectivity index (χ0v) is 19.7. The summed E-state index contributed by atoms with van der Waals surface area (Å²) in [5.41, 5.74) is 1.06. The maximum Gasteiger partial charge on any atom is 0.338 e. The summed E-state index contributed by atoms with van der Waals surface area (Å²) in [7, 11) is 0.613.